The summed E-state index contributed by atoms with van der Waals surface area (Å²) in [4.78, 5) is 0. The van der Waals surface area contributed by atoms with E-state index < -0.39 is 0 Å². The SMILES string of the molecule is CCOc1cc(OCC)c2cc(-c3ccc(Cl)cc3)oc2c1. The van der Waals surface area contributed by atoms with Crippen LogP contribution in [0, 0.1) is 0 Å². The maximum Gasteiger partial charge on any atom is 0.142 e. The zero-order chi connectivity index (χ0) is 15.5. The molecule has 0 spiro atoms. The Balaban J connectivity index is 2.10. The van der Waals surface area contributed by atoms with Crippen molar-refractivity contribution in [2.24, 2.45) is 0 Å². The third-order valence-corrected chi connectivity index (χ3v) is 3.56. The largest absolute Gasteiger partial charge is 0.494 e. The predicted molar refractivity (Wildman–Crippen MR) is 89.0 cm³/mol. The van der Waals surface area contributed by atoms with E-state index in [9.17, 15) is 0 Å². The van der Waals surface area contributed by atoms with Crippen molar-refractivity contribution in [3.8, 4) is 22.8 Å². The van der Waals surface area contributed by atoms with Crippen molar-refractivity contribution < 1.29 is 13.9 Å². The van der Waals surface area contributed by atoms with Gasteiger partial charge in [-0.15, -0.1) is 0 Å². The zero-order valence-electron chi connectivity index (χ0n) is 12.6. The van der Waals surface area contributed by atoms with Crippen molar-refractivity contribution in [1.82, 2.24) is 0 Å². The lowest BCUT2D eigenvalue weighted by atomic mass is 10.1. The summed E-state index contributed by atoms with van der Waals surface area (Å²) in [5, 5.41) is 1.64. The lowest BCUT2D eigenvalue weighted by Crippen LogP contribution is -1.95. The quantitative estimate of drug-likeness (QED) is 0.618. The molecule has 0 radical (unpaired) electrons. The summed E-state index contributed by atoms with van der Waals surface area (Å²) < 4.78 is 17.3. The Morgan fingerprint density at radius 3 is 2.36 bits per heavy atom. The molecule has 114 valence electrons. The zero-order valence-corrected chi connectivity index (χ0v) is 13.3. The number of halogens is 1. The summed E-state index contributed by atoms with van der Waals surface area (Å²) >= 11 is 5.93. The number of fused-ring (bicyclic) bond motifs is 1. The summed E-state index contributed by atoms with van der Waals surface area (Å²) in [6.45, 7) is 5.10. The second-order valence-electron chi connectivity index (χ2n) is 4.82. The van der Waals surface area contributed by atoms with E-state index in [1.807, 2.05) is 56.3 Å². The Labute approximate surface area is 134 Å². The molecule has 0 N–H and O–H groups in total. The van der Waals surface area contributed by atoms with Crippen LogP contribution in [-0.4, -0.2) is 13.2 Å². The fourth-order valence-corrected chi connectivity index (χ4v) is 2.49. The highest BCUT2D eigenvalue weighted by atomic mass is 35.5. The van der Waals surface area contributed by atoms with E-state index in [1.54, 1.807) is 0 Å². The van der Waals surface area contributed by atoms with Gasteiger partial charge < -0.3 is 13.9 Å². The molecule has 1 heterocycles. The van der Waals surface area contributed by atoms with Crippen molar-refractivity contribution in [1.29, 1.82) is 0 Å². The van der Waals surface area contributed by atoms with Gasteiger partial charge in [-0.1, -0.05) is 11.6 Å². The number of benzene rings is 2. The first-order valence-corrected chi connectivity index (χ1v) is 7.68. The van der Waals surface area contributed by atoms with Crippen LogP contribution in [0.15, 0.2) is 46.9 Å². The van der Waals surface area contributed by atoms with Gasteiger partial charge in [0.1, 0.15) is 22.8 Å². The molecule has 0 aliphatic rings. The summed E-state index contributed by atoms with van der Waals surface area (Å²) in [5.74, 6) is 2.30. The lowest BCUT2D eigenvalue weighted by Gasteiger charge is -2.07. The van der Waals surface area contributed by atoms with Gasteiger partial charge in [0.05, 0.1) is 18.6 Å². The van der Waals surface area contributed by atoms with Gasteiger partial charge in [0.15, 0.2) is 0 Å². The van der Waals surface area contributed by atoms with Crippen LogP contribution in [0.4, 0.5) is 0 Å². The van der Waals surface area contributed by atoms with Crippen LogP contribution in [0.5, 0.6) is 11.5 Å². The van der Waals surface area contributed by atoms with Crippen LogP contribution < -0.4 is 9.47 Å². The van der Waals surface area contributed by atoms with Crippen LogP contribution in [-0.2, 0) is 0 Å². The monoisotopic (exact) mass is 316 g/mol. The molecule has 0 atom stereocenters. The third kappa shape index (κ3) is 2.90. The lowest BCUT2D eigenvalue weighted by molar-refractivity contribution is 0.325. The van der Waals surface area contributed by atoms with Crippen molar-refractivity contribution in [3.63, 3.8) is 0 Å². The van der Waals surface area contributed by atoms with Crippen LogP contribution in [0.2, 0.25) is 5.02 Å². The molecule has 0 fully saturated rings. The number of rotatable bonds is 5. The molecule has 4 heteroatoms. The van der Waals surface area contributed by atoms with Crippen molar-refractivity contribution in [2.45, 2.75) is 13.8 Å². The number of hydrogen-bond acceptors (Lipinski definition) is 3. The molecular weight excluding hydrogens is 300 g/mol. The van der Waals surface area contributed by atoms with E-state index in [2.05, 4.69) is 0 Å². The minimum Gasteiger partial charge on any atom is -0.494 e. The van der Waals surface area contributed by atoms with E-state index >= 15 is 0 Å². The highest BCUT2D eigenvalue weighted by Gasteiger charge is 2.13. The smallest absolute Gasteiger partial charge is 0.142 e. The molecule has 0 unspecified atom stereocenters. The molecule has 0 saturated carbocycles. The molecule has 22 heavy (non-hydrogen) atoms. The topological polar surface area (TPSA) is 31.6 Å². The molecular formula is C18H17ClO3. The van der Waals surface area contributed by atoms with E-state index in [0.717, 1.165) is 33.8 Å². The molecule has 3 rings (SSSR count). The molecule has 3 aromatic rings. The Morgan fingerprint density at radius 1 is 0.955 bits per heavy atom. The Morgan fingerprint density at radius 2 is 1.68 bits per heavy atom. The van der Waals surface area contributed by atoms with Gasteiger partial charge in [-0.2, -0.15) is 0 Å². The fourth-order valence-electron chi connectivity index (χ4n) is 2.36. The Hall–Kier alpha value is -2.13. The first-order valence-electron chi connectivity index (χ1n) is 7.30. The maximum absolute atomic E-state index is 5.96. The van der Waals surface area contributed by atoms with Gasteiger partial charge >= 0.3 is 0 Å². The number of hydrogen-bond donors (Lipinski definition) is 0. The van der Waals surface area contributed by atoms with Crippen molar-refractivity contribution in [3.05, 3.63) is 47.5 Å². The highest BCUT2D eigenvalue weighted by Crippen LogP contribution is 2.37. The van der Waals surface area contributed by atoms with E-state index in [-0.39, 0.29) is 0 Å². The molecule has 2 aromatic carbocycles. The van der Waals surface area contributed by atoms with Crippen molar-refractivity contribution >= 4 is 22.6 Å². The Bertz CT molecular complexity index is 775. The van der Waals surface area contributed by atoms with E-state index in [1.165, 1.54) is 0 Å². The third-order valence-electron chi connectivity index (χ3n) is 3.31. The second-order valence-corrected chi connectivity index (χ2v) is 5.25. The summed E-state index contributed by atoms with van der Waals surface area (Å²) in [6, 6.07) is 13.3. The minimum absolute atomic E-state index is 0.589. The van der Waals surface area contributed by atoms with Gasteiger partial charge in [0, 0.05) is 22.7 Å². The predicted octanol–water partition coefficient (Wildman–Crippen LogP) is 5.55. The van der Waals surface area contributed by atoms with Crippen LogP contribution >= 0.6 is 11.6 Å². The van der Waals surface area contributed by atoms with Crippen LogP contribution in [0.25, 0.3) is 22.3 Å². The minimum atomic E-state index is 0.589. The van der Waals surface area contributed by atoms with E-state index in [0.29, 0.717) is 18.2 Å². The van der Waals surface area contributed by atoms with Crippen molar-refractivity contribution in [2.75, 3.05) is 13.2 Å². The normalized spacial score (nSPS) is 10.9. The van der Waals surface area contributed by atoms with Crippen LogP contribution in [0.1, 0.15) is 13.8 Å². The van der Waals surface area contributed by atoms with Gasteiger partial charge in [0.2, 0.25) is 0 Å². The van der Waals surface area contributed by atoms with Gasteiger partial charge in [0.25, 0.3) is 0 Å². The standard InChI is InChI=1S/C18H17ClO3/c1-3-20-14-9-17(21-4-2)15-11-16(22-18(15)10-14)12-5-7-13(19)8-6-12/h5-11H,3-4H2,1-2H3. The average Bonchev–Trinajstić information content (AvgIpc) is 2.93. The van der Waals surface area contributed by atoms with Gasteiger partial charge in [-0.25, -0.2) is 0 Å². The number of furan rings is 1. The number of ether oxygens (including phenoxy) is 2. The van der Waals surface area contributed by atoms with Gasteiger partial charge in [-0.3, -0.25) is 0 Å². The first-order chi connectivity index (χ1) is 10.7. The highest BCUT2D eigenvalue weighted by molar-refractivity contribution is 6.30. The Kier molecular flexibility index (Phi) is 4.25. The molecule has 0 aliphatic heterocycles. The van der Waals surface area contributed by atoms with E-state index in [4.69, 9.17) is 25.5 Å². The molecule has 0 saturated heterocycles. The fraction of sp³-hybridized carbons (Fsp3) is 0.222. The molecule has 0 amide bonds. The molecule has 3 nitrogen and oxygen atoms in total. The summed E-state index contributed by atoms with van der Waals surface area (Å²) in [7, 11) is 0. The van der Waals surface area contributed by atoms with Gasteiger partial charge in [-0.05, 0) is 44.2 Å². The molecule has 1 aromatic heterocycles. The summed E-state index contributed by atoms with van der Waals surface area (Å²) in [6.07, 6.45) is 0. The summed E-state index contributed by atoms with van der Waals surface area (Å²) in [5.41, 5.74) is 1.72. The average molecular weight is 317 g/mol. The molecule has 0 aliphatic carbocycles. The first kappa shape index (κ1) is 14.8. The maximum atomic E-state index is 5.96. The second kappa shape index (κ2) is 6.32. The van der Waals surface area contributed by atoms with Crippen LogP contribution in [0.3, 0.4) is 0 Å². The molecule has 0 bridgehead atoms.